The summed E-state index contributed by atoms with van der Waals surface area (Å²) in [5.74, 6) is 1.05. The third-order valence-electron chi connectivity index (χ3n) is 3.19. The first-order valence-corrected chi connectivity index (χ1v) is 7.58. The Kier molecular flexibility index (Phi) is 5.76. The number of nitrogens with one attached hydrogen (secondary N) is 1. The van der Waals surface area contributed by atoms with E-state index in [1.54, 1.807) is 36.4 Å². The van der Waals surface area contributed by atoms with E-state index < -0.39 is 0 Å². The van der Waals surface area contributed by atoms with Crippen LogP contribution in [0.5, 0.6) is 5.75 Å². The molecule has 0 unspecified atom stereocenters. The summed E-state index contributed by atoms with van der Waals surface area (Å²) in [6.07, 6.45) is 0.367. The first-order chi connectivity index (χ1) is 11.1. The molecule has 0 aliphatic carbocycles. The highest BCUT2D eigenvalue weighted by Crippen LogP contribution is 2.15. The first-order valence-electron chi connectivity index (χ1n) is 7.58. The third kappa shape index (κ3) is 5.15. The second kappa shape index (κ2) is 8.00. The van der Waals surface area contributed by atoms with Gasteiger partial charge in [0.25, 0.3) is 5.91 Å². The van der Waals surface area contributed by atoms with E-state index >= 15 is 0 Å². The number of benzene rings is 2. The van der Waals surface area contributed by atoms with Gasteiger partial charge in [-0.1, -0.05) is 26.0 Å². The molecule has 2 aromatic rings. The molecule has 23 heavy (non-hydrogen) atoms. The van der Waals surface area contributed by atoms with Crippen LogP contribution in [0.3, 0.4) is 0 Å². The number of rotatable bonds is 6. The Morgan fingerprint density at radius 2 is 1.78 bits per heavy atom. The molecule has 2 aromatic carbocycles. The molecule has 4 nitrogen and oxygen atoms in total. The second-order valence-corrected chi connectivity index (χ2v) is 5.72. The number of nitriles is 1. The van der Waals surface area contributed by atoms with Gasteiger partial charge in [0.05, 0.1) is 19.1 Å². The minimum absolute atomic E-state index is 0.173. The van der Waals surface area contributed by atoms with Crippen molar-refractivity contribution in [1.82, 2.24) is 0 Å². The van der Waals surface area contributed by atoms with Gasteiger partial charge < -0.3 is 10.1 Å². The summed E-state index contributed by atoms with van der Waals surface area (Å²) in [6, 6.07) is 16.4. The van der Waals surface area contributed by atoms with Gasteiger partial charge in [-0.3, -0.25) is 4.79 Å². The van der Waals surface area contributed by atoms with E-state index in [4.69, 9.17) is 10.00 Å². The molecule has 118 valence electrons. The molecule has 0 saturated carbocycles. The first kappa shape index (κ1) is 16.6. The zero-order valence-corrected chi connectivity index (χ0v) is 13.4. The lowest BCUT2D eigenvalue weighted by Crippen LogP contribution is -2.12. The molecule has 0 heterocycles. The van der Waals surface area contributed by atoms with Crippen LogP contribution < -0.4 is 10.1 Å². The predicted molar refractivity (Wildman–Crippen MR) is 90.5 cm³/mol. The van der Waals surface area contributed by atoms with Gasteiger partial charge in [-0.25, -0.2) is 0 Å². The van der Waals surface area contributed by atoms with E-state index in [1.165, 1.54) is 0 Å². The SMILES string of the molecule is CC(C)COc1ccc(C(=O)Nc2ccc(CC#N)cc2)cc1. The van der Waals surface area contributed by atoms with Crippen molar-refractivity contribution in [2.24, 2.45) is 5.92 Å². The van der Waals surface area contributed by atoms with Crippen molar-refractivity contribution in [3.05, 3.63) is 59.7 Å². The fourth-order valence-electron chi connectivity index (χ4n) is 1.97. The molecular formula is C19H20N2O2. The minimum atomic E-state index is -0.173. The van der Waals surface area contributed by atoms with Gasteiger partial charge >= 0.3 is 0 Å². The number of carbonyl (C=O) groups excluding carboxylic acids is 1. The normalized spacial score (nSPS) is 10.2. The number of amides is 1. The summed E-state index contributed by atoms with van der Waals surface area (Å²) >= 11 is 0. The summed E-state index contributed by atoms with van der Waals surface area (Å²) in [5.41, 5.74) is 2.21. The van der Waals surface area contributed by atoms with Crippen LogP contribution in [-0.2, 0) is 6.42 Å². The molecule has 4 heteroatoms. The van der Waals surface area contributed by atoms with Crippen LogP contribution in [0.15, 0.2) is 48.5 Å². The standard InChI is InChI=1S/C19H20N2O2/c1-14(2)13-23-18-9-5-16(6-10-18)19(22)21-17-7-3-15(4-8-17)11-12-20/h3-10,14H,11,13H2,1-2H3,(H,21,22). The average Bonchev–Trinajstić information content (AvgIpc) is 2.55. The molecule has 0 spiro atoms. The molecule has 2 rings (SSSR count). The van der Waals surface area contributed by atoms with Crippen molar-refractivity contribution in [2.75, 3.05) is 11.9 Å². The van der Waals surface area contributed by atoms with Gasteiger partial charge in [-0.05, 0) is 47.9 Å². The Hall–Kier alpha value is -2.80. The Labute approximate surface area is 136 Å². The number of anilines is 1. The number of hydrogen-bond acceptors (Lipinski definition) is 3. The summed E-state index contributed by atoms with van der Waals surface area (Å²) in [7, 11) is 0. The summed E-state index contributed by atoms with van der Waals surface area (Å²) < 4.78 is 5.60. The van der Waals surface area contributed by atoms with Crippen LogP contribution in [0.25, 0.3) is 0 Å². The molecule has 0 atom stereocenters. The maximum atomic E-state index is 12.2. The van der Waals surface area contributed by atoms with Gasteiger partial charge in [-0.15, -0.1) is 0 Å². The second-order valence-electron chi connectivity index (χ2n) is 5.72. The molecular weight excluding hydrogens is 288 g/mol. The van der Waals surface area contributed by atoms with Crippen molar-refractivity contribution in [3.8, 4) is 11.8 Å². The van der Waals surface area contributed by atoms with Crippen molar-refractivity contribution in [3.63, 3.8) is 0 Å². The molecule has 0 fully saturated rings. The van der Waals surface area contributed by atoms with E-state index in [0.29, 0.717) is 30.2 Å². The van der Waals surface area contributed by atoms with Gasteiger partial charge in [0.2, 0.25) is 0 Å². The monoisotopic (exact) mass is 308 g/mol. The number of hydrogen-bond donors (Lipinski definition) is 1. The van der Waals surface area contributed by atoms with E-state index in [1.807, 2.05) is 12.1 Å². The number of nitrogens with zero attached hydrogens (tertiary/aromatic N) is 1. The highest BCUT2D eigenvalue weighted by Gasteiger charge is 2.06. The third-order valence-corrected chi connectivity index (χ3v) is 3.19. The van der Waals surface area contributed by atoms with Crippen LogP contribution in [0.4, 0.5) is 5.69 Å². The lowest BCUT2D eigenvalue weighted by atomic mass is 10.1. The summed E-state index contributed by atoms with van der Waals surface area (Å²) in [6.45, 7) is 4.83. The van der Waals surface area contributed by atoms with Crippen LogP contribution >= 0.6 is 0 Å². The molecule has 0 aliphatic heterocycles. The van der Waals surface area contributed by atoms with E-state index in [2.05, 4.69) is 25.2 Å². The quantitative estimate of drug-likeness (QED) is 0.876. The average molecular weight is 308 g/mol. The largest absolute Gasteiger partial charge is 0.493 e. The zero-order chi connectivity index (χ0) is 16.7. The lowest BCUT2D eigenvalue weighted by molar-refractivity contribution is 0.102. The zero-order valence-electron chi connectivity index (χ0n) is 13.4. The van der Waals surface area contributed by atoms with Crippen molar-refractivity contribution in [1.29, 1.82) is 5.26 Å². The molecule has 0 radical (unpaired) electrons. The summed E-state index contributed by atoms with van der Waals surface area (Å²) in [4.78, 5) is 12.2. The van der Waals surface area contributed by atoms with Crippen LogP contribution in [0.1, 0.15) is 29.8 Å². The Morgan fingerprint density at radius 3 is 2.35 bits per heavy atom. The van der Waals surface area contributed by atoms with E-state index in [-0.39, 0.29) is 5.91 Å². The minimum Gasteiger partial charge on any atom is -0.493 e. The fourth-order valence-corrected chi connectivity index (χ4v) is 1.97. The molecule has 0 bridgehead atoms. The van der Waals surface area contributed by atoms with Crippen molar-refractivity contribution in [2.45, 2.75) is 20.3 Å². The smallest absolute Gasteiger partial charge is 0.255 e. The molecule has 0 aromatic heterocycles. The van der Waals surface area contributed by atoms with Gasteiger partial charge in [0.15, 0.2) is 0 Å². The lowest BCUT2D eigenvalue weighted by Gasteiger charge is -2.09. The van der Waals surface area contributed by atoms with Crippen LogP contribution in [0, 0.1) is 17.2 Å². The maximum absolute atomic E-state index is 12.2. The van der Waals surface area contributed by atoms with E-state index in [0.717, 1.165) is 11.3 Å². The van der Waals surface area contributed by atoms with Crippen molar-refractivity contribution < 1.29 is 9.53 Å². The predicted octanol–water partition coefficient (Wildman–Crippen LogP) is 4.04. The van der Waals surface area contributed by atoms with Crippen molar-refractivity contribution >= 4 is 11.6 Å². The summed E-state index contributed by atoms with van der Waals surface area (Å²) in [5, 5.41) is 11.5. The molecule has 0 aliphatic rings. The highest BCUT2D eigenvalue weighted by atomic mass is 16.5. The van der Waals surface area contributed by atoms with Crippen LogP contribution in [-0.4, -0.2) is 12.5 Å². The fraction of sp³-hybridized carbons (Fsp3) is 0.263. The molecule has 1 amide bonds. The van der Waals surface area contributed by atoms with Gasteiger partial charge in [0, 0.05) is 11.3 Å². The van der Waals surface area contributed by atoms with Crippen LogP contribution in [0.2, 0.25) is 0 Å². The molecule has 0 saturated heterocycles. The Morgan fingerprint density at radius 1 is 1.13 bits per heavy atom. The van der Waals surface area contributed by atoms with E-state index in [9.17, 15) is 4.79 Å². The Balaban J connectivity index is 1.96. The highest BCUT2D eigenvalue weighted by molar-refractivity contribution is 6.04. The Bertz CT molecular complexity index is 683. The topological polar surface area (TPSA) is 62.1 Å². The van der Waals surface area contributed by atoms with Gasteiger partial charge in [0.1, 0.15) is 5.75 Å². The number of ether oxygens (including phenoxy) is 1. The number of carbonyl (C=O) groups is 1. The molecule has 1 N–H and O–H groups in total. The van der Waals surface area contributed by atoms with Gasteiger partial charge in [-0.2, -0.15) is 5.26 Å². The maximum Gasteiger partial charge on any atom is 0.255 e.